The highest BCUT2D eigenvalue weighted by atomic mass is 32.3. The van der Waals surface area contributed by atoms with Crippen molar-refractivity contribution >= 4 is 25.8 Å². The number of rotatable bonds is 3. The number of sulfone groups is 2. The van der Waals surface area contributed by atoms with E-state index in [9.17, 15) is 21.9 Å². The molecular formula is C16H13FO5S2. The molecule has 126 valence electrons. The van der Waals surface area contributed by atoms with Crippen molar-refractivity contribution in [3.8, 4) is 0 Å². The second-order valence-electron chi connectivity index (χ2n) is 5.25. The lowest BCUT2D eigenvalue weighted by atomic mass is 10.2. The van der Waals surface area contributed by atoms with Gasteiger partial charge in [-0.05, 0) is 17.7 Å². The Morgan fingerprint density at radius 1 is 0.875 bits per heavy atom. The zero-order valence-corrected chi connectivity index (χ0v) is 13.8. The van der Waals surface area contributed by atoms with Gasteiger partial charge in [0, 0.05) is 0 Å². The van der Waals surface area contributed by atoms with Crippen molar-refractivity contribution < 1.29 is 26.3 Å². The maximum atomic E-state index is 15.3. The Labute approximate surface area is 138 Å². The lowest BCUT2D eigenvalue weighted by molar-refractivity contribution is 0.136. The molecule has 0 radical (unpaired) electrons. The maximum absolute atomic E-state index is 15.3. The average molecular weight is 368 g/mol. The molecule has 3 rings (SSSR count). The van der Waals surface area contributed by atoms with Gasteiger partial charge in [0.05, 0.1) is 9.79 Å². The molecule has 0 saturated heterocycles. The summed E-state index contributed by atoms with van der Waals surface area (Å²) in [6, 6.07) is 13.0. The van der Waals surface area contributed by atoms with Gasteiger partial charge in [-0.2, -0.15) is 0 Å². The number of hydrogen-bond acceptors (Lipinski definition) is 5. The van der Waals surface area contributed by atoms with Crippen LogP contribution in [0.4, 0.5) is 4.39 Å². The van der Waals surface area contributed by atoms with Gasteiger partial charge < -0.3 is 5.11 Å². The molecule has 0 amide bonds. The summed E-state index contributed by atoms with van der Waals surface area (Å²) < 4.78 is 61.1. The zero-order chi connectivity index (χ0) is 17.6. The molecule has 2 aromatic carbocycles. The van der Waals surface area contributed by atoms with Crippen LogP contribution >= 0.6 is 0 Å². The van der Waals surface area contributed by atoms with Crippen molar-refractivity contribution in [3.05, 3.63) is 66.2 Å². The molecule has 0 aliphatic carbocycles. The first-order chi connectivity index (χ1) is 11.2. The van der Waals surface area contributed by atoms with E-state index >= 15 is 4.39 Å². The number of aliphatic hydroxyl groups is 1. The molecule has 1 atom stereocenters. The Morgan fingerprint density at radius 2 is 1.33 bits per heavy atom. The molecule has 1 N–H and O–H groups in total. The average Bonchev–Trinajstić information content (AvgIpc) is 2.70. The van der Waals surface area contributed by atoms with Crippen molar-refractivity contribution in [3.63, 3.8) is 0 Å². The Bertz CT molecular complexity index is 958. The third-order valence-electron chi connectivity index (χ3n) is 3.78. The van der Waals surface area contributed by atoms with E-state index in [-0.39, 0.29) is 0 Å². The maximum Gasteiger partial charge on any atom is 0.346 e. The molecular weight excluding hydrogens is 355 g/mol. The SMILES string of the molecule is O=S1(=O)c2ccccc2S(=O)(=O)C1(F)C(O)C=Cc1ccccc1. The molecule has 0 fully saturated rings. The fraction of sp³-hybridized carbons (Fsp3) is 0.125. The Kier molecular flexibility index (Phi) is 3.86. The van der Waals surface area contributed by atoms with Gasteiger partial charge in [0.15, 0.2) is 0 Å². The van der Waals surface area contributed by atoms with Crippen LogP contribution in [0.5, 0.6) is 0 Å². The Balaban J connectivity index is 2.12. The first kappa shape index (κ1) is 16.8. The number of fused-ring (bicyclic) bond motifs is 1. The smallest absolute Gasteiger partial charge is 0.346 e. The van der Waals surface area contributed by atoms with Gasteiger partial charge in [-0.3, -0.25) is 0 Å². The summed E-state index contributed by atoms with van der Waals surface area (Å²) in [6.45, 7) is 0. The van der Waals surface area contributed by atoms with Crippen LogP contribution in [-0.2, 0) is 19.7 Å². The first-order valence-electron chi connectivity index (χ1n) is 6.91. The molecule has 0 bridgehead atoms. The minimum Gasteiger partial charge on any atom is -0.383 e. The normalized spacial score (nSPS) is 21.4. The van der Waals surface area contributed by atoms with Crippen LogP contribution in [0.15, 0.2) is 70.5 Å². The minimum atomic E-state index is -4.91. The van der Waals surface area contributed by atoms with Crippen molar-refractivity contribution in [1.29, 1.82) is 0 Å². The Hall–Kier alpha value is -2.03. The van der Waals surface area contributed by atoms with E-state index in [2.05, 4.69) is 0 Å². The van der Waals surface area contributed by atoms with E-state index in [1.165, 1.54) is 18.2 Å². The van der Waals surface area contributed by atoms with Gasteiger partial charge in [-0.1, -0.05) is 54.6 Å². The van der Waals surface area contributed by atoms with Gasteiger partial charge in [0.2, 0.25) is 19.7 Å². The summed E-state index contributed by atoms with van der Waals surface area (Å²) >= 11 is 0. The predicted molar refractivity (Wildman–Crippen MR) is 86.1 cm³/mol. The summed E-state index contributed by atoms with van der Waals surface area (Å²) in [5, 5.41) is 10.1. The van der Waals surface area contributed by atoms with E-state index in [0.717, 1.165) is 18.2 Å². The summed E-state index contributed by atoms with van der Waals surface area (Å²) in [7, 11) is -9.83. The molecule has 0 saturated carbocycles. The van der Waals surface area contributed by atoms with Crippen molar-refractivity contribution in [2.45, 2.75) is 20.2 Å². The van der Waals surface area contributed by atoms with E-state index in [1.54, 1.807) is 30.3 Å². The second kappa shape index (κ2) is 5.51. The van der Waals surface area contributed by atoms with Gasteiger partial charge in [0.25, 0.3) is 0 Å². The molecule has 1 heterocycles. The van der Waals surface area contributed by atoms with Crippen molar-refractivity contribution in [1.82, 2.24) is 0 Å². The highest BCUT2D eigenvalue weighted by Gasteiger charge is 2.67. The highest BCUT2D eigenvalue weighted by Crippen LogP contribution is 2.48. The molecule has 8 heteroatoms. The van der Waals surface area contributed by atoms with Crippen LogP contribution in [0.1, 0.15) is 5.56 Å². The molecule has 1 unspecified atom stereocenters. The lowest BCUT2D eigenvalue weighted by Gasteiger charge is -2.21. The molecule has 1 aliphatic heterocycles. The number of alkyl halides is 1. The highest BCUT2D eigenvalue weighted by molar-refractivity contribution is 8.12. The zero-order valence-electron chi connectivity index (χ0n) is 12.2. The second-order valence-corrected chi connectivity index (χ2v) is 9.59. The van der Waals surface area contributed by atoms with Crippen LogP contribution in [-0.4, -0.2) is 32.4 Å². The van der Waals surface area contributed by atoms with Crippen LogP contribution in [0.2, 0.25) is 0 Å². The molecule has 5 nitrogen and oxygen atoms in total. The monoisotopic (exact) mass is 368 g/mol. The van der Waals surface area contributed by atoms with Crippen LogP contribution in [0, 0.1) is 0 Å². The van der Waals surface area contributed by atoms with Gasteiger partial charge in [-0.25, -0.2) is 21.2 Å². The third-order valence-corrected chi connectivity index (χ3v) is 9.05. The topological polar surface area (TPSA) is 88.5 Å². The van der Waals surface area contributed by atoms with E-state index in [1.807, 2.05) is 0 Å². The standard InChI is InChI=1S/C16H13FO5S2/c17-16(15(18)11-10-12-6-2-1-3-7-12)23(19,20)13-8-4-5-9-14(13)24(16,21)22/h1-11,15,18H. The molecule has 0 aromatic heterocycles. The lowest BCUT2D eigenvalue weighted by Crippen LogP contribution is -2.46. The van der Waals surface area contributed by atoms with E-state index < -0.39 is 39.9 Å². The largest absolute Gasteiger partial charge is 0.383 e. The van der Waals surface area contributed by atoms with Crippen molar-refractivity contribution in [2.24, 2.45) is 0 Å². The number of halogens is 1. The fourth-order valence-electron chi connectivity index (χ4n) is 2.54. The Morgan fingerprint density at radius 3 is 1.83 bits per heavy atom. The van der Waals surface area contributed by atoms with E-state index in [0.29, 0.717) is 5.56 Å². The summed E-state index contributed by atoms with van der Waals surface area (Å²) in [4.78, 5) is -1.28. The molecule has 1 aliphatic rings. The van der Waals surface area contributed by atoms with Crippen LogP contribution < -0.4 is 0 Å². The van der Waals surface area contributed by atoms with Gasteiger partial charge in [-0.15, -0.1) is 0 Å². The number of benzene rings is 2. The van der Waals surface area contributed by atoms with Gasteiger partial charge in [0.1, 0.15) is 6.10 Å². The minimum absolute atomic E-state index is 0.561. The number of aliphatic hydroxyl groups excluding tert-OH is 1. The van der Waals surface area contributed by atoms with Crippen LogP contribution in [0.25, 0.3) is 6.08 Å². The predicted octanol–water partition coefficient (Wildman–Crippen LogP) is 1.95. The molecule has 0 spiro atoms. The van der Waals surface area contributed by atoms with Gasteiger partial charge >= 0.3 is 4.33 Å². The first-order valence-corrected chi connectivity index (χ1v) is 9.88. The summed E-state index contributed by atoms with van der Waals surface area (Å²) in [5.74, 6) is 0. The van der Waals surface area contributed by atoms with Crippen LogP contribution in [0.3, 0.4) is 0 Å². The van der Waals surface area contributed by atoms with E-state index in [4.69, 9.17) is 0 Å². The fourth-order valence-corrected chi connectivity index (χ4v) is 7.46. The molecule has 2 aromatic rings. The third kappa shape index (κ3) is 2.14. The molecule has 24 heavy (non-hydrogen) atoms. The number of hydrogen-bond donors (Lipinski definition) is 1. The summed E-state index contributed by atoms with van der Waals surface area (Å²) in [5.41, 5.74) is 0.561. The summed E-state index contributed by atoms with van der Waals surface area (Å²) in [6.07, 6.45) is -0.281. The van der Waals surface area contributed by atoms with Crippen molar-refractivity contribution in [2.75, 3.05) is 0 Å². The quantitative estimate of drug-likeness (QED) is 0.894.